The highest BCUT2D eigenvalue weighted by Crippen LogP contribution is 2.41. The minimum Gasteiger partial charge on any atom is -0.346 e. The lowest BCUT2D eigenvalue weighted by atomic mass is 9.87. The second-order valence-electron chi connectivity index (χ2n) is 13.5. The van der Waals surface area contributed by atoms with Crippen LogP contribution in [0, 0.1) is 0 Å². The first kappa shape index (κ1) is 34.7. The molecular formula is C39H34F3N9O3. The van der Waals surface area contributed by atoms with Crippen LogP contribution in [0.5, 0.6) is 0 Å². The molecular weight excluding hydrogens is 699 g/mol. The highest BCUT2D eigenvalue weighted by Gasteiger charge is 2.39. The van der Waals surface area contributed by atoms with E-state index in [2.05, 4.69) is 25.4 Å². The number of benzene rings is 2. The highest BCUT2D eigenvalue weighted by atomic mass is 19.4. The number of carbonyl (C=O) groups excluding carboxylic acids is 3. The van der Waals surface area contributed by atoms with E-state index in [0.717, 1.165) is 10.2 Å². The SMILES string of the molecule is CCc1cc(C(=O)NC2CN(C(=O)c3ccncc3)C2)c2nccc(N3CCc4c(cc(Cn5ccnc5)cc4-c4cn(C)nc4C(F)(F)F)C3=O)c2c1. The highest BCUT2D eigenvalue weighted by molar-refractivity contribution is 6.15. The fourth-order valence-corrected chi connectivity index (χ4v) is 7.30. The number of nitrogens with zero attached hydrogens (tertiary/aromatic N) is 8. The molecule has 274 valence electrons. The molecule has 0 bridgehead atoms. The van der Waals surface area contributed by atoms with Gasteiger partial charge in [-0.1, -0.05) is 6.92 Å². The van der Waals surface area contributed by atoms with Gasteiger partial charge in [-0.15, -0.1) is 0 Å². The lowest BCUT2D eigenvalue weighted by Gasteiger charge is -2.39. The Morgan fingerprint density at radius 1 is 0.944 bits per heavy atom. The van der Waals surface area contributed by atoms with Crippen molar-refractivity contribution in [2.24, 2.45) is 7.05 Å². The van der Waals surface area contributed by atoms with Crippen molar-refractivity contribution in [2.45, 2.75) is 38.5 Å². The molecule has 2 aliphatic heterocycles. The van der Waals surface area contributed by atoms with E-state index in [1.54, 1.807) is 88.1 Å². The van der Waals surface area contributed by atoms with E-state index in [0.29, 0.717) is 63.9 Å². The molecule has 8 rings (SSSR count). The van der Waals surface area contributed by atoms with E-state index < -0.39 is 11.9 Å². The first-order valence-electron chi connectivity index (χ1n) is 17.4. The van der Waals surface area contributed by atoms with Gasteiger partial charge in [0.25, 0.3) is 17.7 Å². The Bertz CT molecular complexity index is 2420. The van der Waals surface area contributed by atoms with E-state index in [-0.39, 0.29) is 54.4 Å². The summed E-state index contributed by atoms with van der Waals surface area (Å²) in [5, 5.41) is 7.38. The number of nitrogens with one attached hydrogen (secondary N) is 1. The van der Waals surface area contributed by atoms with Crippen LogP contribution in [0.15, 0.2) is 86.0 Å². The number of hydrogen-bond donors (Lipinski definition) is 1. The van der Waals surface area contributed by atoms with Gasteiger partial charge in [0.1, 0.15) is 0 Å². The summed E-state index contributed by atoms with van der Waals surface area (Å²) in [6.07, 6.45) is 7.12. The predicted molar refractivity (Wildman–Crippen MR) is 193 cm³/mol. The summed E-state index contributed by atoms with van der Waals surface area (Å²) in [5.41, 5.74) is 3.28. The maximum atomic E-state index is 14.6. The van der Waals surface area contributed by atoms with Crippen molar-refractivity contribution >= 4 is 34.3 Å². The molecule has 54 heavy (non-hydrogen) atoms. The van der Waals surface area contributed by atoms with E-state index in [4.69, 9.17) is 0 Å². The van der Waals surface area contributed by atoms with E-state index in [9.17, 15) is 27.6 Å². The van der Waals surface area contributed by atoms with Gasteiger partial charge < -0.3 is 19.7 Å². The molecule has 0 radical (unpaired) electrons. The number of aryl methyl sites for hydroxylation is 2. The van der Waals surface area contributed by atoms with Crippen molar-refractivity contribution in [3.05, 3.63) is 125 Å². The van der Waals surface area contributed by atoms with Crippen molar-refractivity contribution in [1.82, 2.24) is 39.5 Å². The van der Waals surface area contributed by atoms with Gasteiger partial charge in [0.05, 0.1) is 29.1 Å². The molecule has 2 aromatic carbocycles. The van der Waals surface area contributed by atoms with Crippen LogP contribution in [-0.4, -0.2) is 77.6 Å². The largest absolute Gasteiger partial charge is 0.435 e. The molecule has 6 aromatic rings. The van der Waals surface area contributed by atoms with Gasteiger partial charge in [-0.25, -0.2) is 4.98 Å². The number of hydrogen-bond acceptors (Lipinski definition) is 7. The van der Waals surface area contributed by atoms with Gasteiger partial charge >= 0.3 is 6.18 Å². The zero-order valence-electron chi connectivity index (χ0n) is 29.3. The fraction of sp³-hybridized carbons (Fsp3) is 0.256. The van der Waals surface area contributed by atoms with Crippen LogP contribution in [0.4, 0.5) is 18.9 Å². The van der Waals surface area contributed by atoms with Gasteiger partial charge in [0.2, 0.25) is 0 Å². The molecule has 1 fully saturated rings. The smallest absolute Gasteiger partial charge is 0.346 e. The second-order valence-corrected chi connectivity index (χ2v) is 13.5. The van der Waals surface area contributed by atoms with Crippen molar-refractivity contribution < 1.29 is 27.6 Å². The van der Waals surface area contributed by atoms with Crippen LogP contribution in [0.25, 0.3) is 22.0 Å². The van der Waals surface area contributed by atoms with Gasteiger partial charge in [0.15, 0.2) is 5.69 Å². The molecule has 6 heterocycles. The normalized spacial score (nSPS) is 14.6. The number of imidazole rings is 1. The van der Waals surface area contributed by atoms with Crippen molar-refractivity contribution in [1.29, 1.82) is 0 Å². The monoisotopic (exact) mass is 733 g/mol. The van der Waals surface area contributed by atoms with E-state index in [1.807, 2.05) is 13.0 Å². The number of alkyl halides is 3. The average molecular weight is 734 g/mol. The third-order valence-electron chi connectivity index (χ3n) is 9.94. The molecule has 3 amide bonds. The third kappa shape index (κ3) is 6.35. The zero-order valence-corrected chi connectivity index (χ0v) is 29.3. The Hall–Kier alpha value is -6.38. The molecule has 2 aliphatic rings. The molecule has 0 spiro atoms. The summed E-state index contributed by atoms with van der Waals surface area (Å²) >= 11 is 0. The van der Waals surface area contributed by atoms with Gasteiger partial charge in [0, 0.05) is 92.5 Å². The lowest BCUT2D eigenvalue weighted by Crippen LogP contribution is -2.61. The van der Waals surface area contributed by atoms with Crippen molar-refractivity contribution in [2.75, 3.05) is 24.5 Å². The Morgan fingerprint density at radius 3 is 2.44 bits per heavy atom. The summed E-state index contributed by atoms with van der Waals surface area (Å²) in [4.78, 5) is 57.1. The summed E-state index contributed by atoms with van der Waals surface area (Å²) < 4.78 is 45.6. The zero-order chi connectivity index (χ0) is 37.7. The first-order valence-corrected chi connectivity index (χ1v) is 17.4. The Balaban J connectivity index is 1.13. The van der Waals surface area contributed by atoms with Crippen LogP contribution in [0.2, 0.25) is 0 Å². The molecule has 15 heteroatoms. The van der Waals surface area contributed by atoms with Gasteiger partial charge in [-0.2, -0.15) is 18.3 Å². The number of aromatic nitrogens is 6. The van der Waals surface area contributed by atoms with Crippen LogP contribution < -0.4 is 10.2 Å². The standard InChI is InChI=1S/C39H34F3N9O3/c1-3-23-14-30-33(6-10-45-34(30)31(15-23)36(52)46-26-19-50(20-26)37(53)25-4-8-43-9-5-25)51-12-7-27-28(32-21-48(2)47-35(32)39(40,41)42)16-24(17-29(27)38(51)54)18-49-13-11-44-22-49/h4-6,8-11,13-17,21-22,26H,3,7,12,18-20H2,1-2H3,(H,46,52). The Labute approximate surface area is 307 Å². The maximum absolute atomic E-state index is 14.6. The van der Waals surface area contributed by atoms with Crippen LogP contribution >= 0.6 is 0 Å². The molecule has 0 unspecified atom stereocenters. The predicted octanol–water partition coefficient (Wildman–Crippen LogP) is 5.31. The van der Waals surface area contributed by atoms with E-state index >= 15 is 0 Å². The molecule has 0 saturated carbocycles. The second kappa shape index (κ2) is 13.5. The summed E-state index contributed by atoms with van der Waals surface area (Å²) in [7, 11) is 1.44. The van der Waals surface area contributed by atoms with E-state index in [1.165, 1.54) is 13.2 Å². The minimum absolute atomic E-state index is 0.0936. The van der Waals surface area contributed by atoms with Gasteiger partial charge in [-0.3, -0.25) is 29.0 Å². The van der Waals surface area contributed by atoms with Crippen molar-refractivity contribution in [3.8, 4) is 11.1 Å². The number of halogens is 3. The number of amides is 3. The molecule has 0 atom stereocenters. The topological polar surface area (TPSA) is 131 Å². The maximum Gasteiger partial charge on any atom is 0.435 e. The number of fused-ring (bicyclic) bond motifs is 2. The average Bonchev–Trinajstić information content (AvgIpc) is 3.82. The molecule has 0 aliphatic carbocycles. The number of anilines is 1. The van der Waals surface area contributed by atoms with Crippen molar-refractivity contribution in [3.63, 3.8) is 0 Å². The number of rotatable bonds is 8. The first-order chi connectivity index (χ1) is 26.0. The number of likely N-dealkylation sites (tertiary alicyclic amines) is 1. The van der Waals surface area contributed by atoms with Crippen LogP contribution in [0.3, 0.4) is 0 Å². The summed E-state index contributed by atoms with van der Waals surface area (Å²) in [5.74, 6) is -0.860. The molecule has 12 nitrogen and oxygen atoms in total. The minimum atomic E-state index is -4.71. The van der Waals surface area contributed by atoms with Gasteiger partial charge in [-0.05, 0) is 77.6 Å². The molecule has 1 saturated heterocycles. The molecule has 4 aromatic heterocycles. The third-order valence-corrected chi connectivity index (χ3v) is 9.94. The Morgan fingerprint density at radius 2 is 1.72 bits per heavy atom. The van der Waals surface area contributed by atoms with Crippen LogP contribution in [-0.2, 0) is 32.6 Å². The quantitative estimate of drug-likeness (QED) is 0.224. The Kier molecular flexibility index (Phi) is 8.71. The fourth-order valence-electron chi connectivity index (χ4n) is 7.30. The number of pyridine rings is 2. The summed E-state index contributed by atoms with van der Waals surface area (Å²) in [6, 6.07) is 11.9. The van der Waals surface area contributed by atoms with Crippen LogP contribution in [0.1, 0.15) is 60.4 Å². The number of carbonyl (C=O) groups is 3. The summed E-state index contributed by atoms with van der Waals surface area (Å²) in [6.45, 7) is 3.14. The lowest BCUT2D eigenvalue weighted by molar-refractivity contribution is -0.141. The molecule has 1 N–H and O–H groups in total.